The molecule has 0 bridgehead atoms. The van der Waals surface area contributed by atoms with Gasteiger partial charge in [0, 0.05) is 19.2 Å². The highest BCUT2D eigenvalue weighted by molar-refractivity contribution is 7.89. The van der Waals surface area contributed by atoms with E-state index in [0.29, 0.717) is 23.7 Å². The van der Waals surface area contributed by atoms with Gasteiger partial charge >= 0.3 is 0 Å². The summed E-state index contributed by atoms with van der Waals surface area (Å²) in [5.74, 6) is 1.93. The van der Waals surface area contributed by atoms with Crippen LogP contribution in [0.4, 0.5) is 0 Å². The van der Waals surface area contributed by atoms with Gasteiger partial charge in [-0.15, -0.1) is 0 Å². The number of hydrogen-bond acceptors (Lipinski definition) is 5. The molecule has 0 atom stereocenters. The lowest BCUT2D eigenvalue weighted by molar-refractivity contribution is 0.389. The van der Waals surface area contributed by atoms with Crippen molar-refractivity contribution in [3.05, 3.63) is 47.5 Å². The number of aryl methyl sites for hydroxylation is 1. The minimum Gasteiger partial charge on any atom is -0.497 e. The van der Waals surface area contributed by atoms with Gasteiger partial charge < -0.3 is 14.2 Å². The summed E-state index contributed by atoms with van der Waals surface area (Å²) in [6, 6.07) is 10.2. The molecule has 0 saturated heterocycles. The molecular weight excluding hydrogens is 354 g/mol. The summed E-state index contributed by atoms with van der Waals surface area (Å²) >= 11 is 0. The Labute approximate surface area is 155 Å². The number of hydrogen-bond donors (Lipinski definition) is 0. The first-order valence-electron chi connectivity index (χ1n) is 8.21. The summed E-state index contributed by atoms with van der Waals surface area (Å²) in [6.45, 7) is 2.12. The van der Waals surface area contributed by atoms with Gasteiger partial charge in [-0.1, -0.05) is 6.92 Å². The van der Waals surface area contributed by atoms with Gasteiger partial charge in [-0.25, -0.2) is 8.42 Å². The zero-order valence-corrected chi connectivity index (χ0v) is 16.6. The lowest BCUT2D eigenvalue weighted by atomic mass is 10.1. The maximum absolute atomic E-state index is 13.0. The van der Waals surface area contributed by atoms with Gasteiger partial charge in [0.25, 0.3) is 0 Å². The molecule has 142 valence electrons. The number of sulfonamides is 1. The summed E-state index contributed by atoms with van der Waals surface area (Å²) in [6.07, 6.45) is 0.681. The Bertz CT molecular complexity index is 864. The van der Waals surface area contributed by atoms with E-state index in [4.69, 9.17) is 14.2 Å². The highest BCUT2D eigenvalue weighted by atomic mass is 32.2. The minimum absolute atomic E-state index is 0.163. The average Bonchev–Trinajstić information content (AvgIpc) is 2.66. The molecule has 0 amide bonds. The zero-order chi connectivity index (χ0) is 19.3. The molecule has 2 rings (SSSR count). The molecule has 0 unspecified atom stereocenters. The van der Waals surface area contributed by atoms with Gasteiger partial charge in [-0.05, 0) is 48.4 Å². The predicted molar refractivity (Wildman–Crippen MR) is 101 cm³/mol. The summed E-state index contributed by atoms with van der Waals surface area (Å²) in [5, 5.41) is 0. The SMILES string of the molecule is CCc1cc(S(=O)(=O)N(C)Cc2cc(OC)ccc2OC)ccc1OC. The highest BCUT2D eigenvalue weighted by Gasteiger charge is 2.23. The molecular formula is C19H25NO5S. The van der Waals surface area contributed by atoms with E-state index in [0.717, 1.165) is 11.1 Å². The molecule has 0 radical (unpaired) electrons. The lowest BCUT2D eigenvalue weighted by Gasteiger charge is -2.20. The Morgan fingerprint density at radius 1 is 0.885 bits per heavy atom. The second-order valence-corrected chi connectivity index (χ2v) is 7.81. The highest BCUT2D eigenvalue weighted by Crippen LogP contribution is 2.28. The molecule has 0 aliphatic heterocycles. The monoisotopic (exact) mass is 379 g/mol. The number of nitrogens with zero attached hydrogens (tertiary/aromatic N) is 1. The third-order valence-electron chi connectivity index (χ3n) is 4.22. The Morgan fingerprint density at radius 3 is 2.08 bits per heavy atom. The van der Waals surface area contributed by atoms with Crippen LogP contribution in [0.2, 0.25) is 0 Å². The fourth-order valence-corrected chi connectivity index (χ4v) is 3.90. The van der Waals surface area contributed by atoms with Crippen molar-refractivity contribution < 1.29 is 22.6 Å². The molecule has 2 aromatic carbocycles. The largest absolute Gasteiger partial charge is 0.497 e. The second kappa shape index (κ2) is 8.42. The van der Waals surface area contributed by atoms with Crippen molar-refractivity contribution >= 4 is 10.0 Å². The topological polar surface area (TPSA) is 65.1 Å². The first-order valence-corrected chi connectivity index (χ1v) is 9.65. The van der Waals surface area contributed by atoms with Gasteiger partial charge in [0.2, 0.25) is 10.0 Å². The minimum atomic E-state index is -3.66. The maximum Gasteiger partial charge on any atom is 0.243 e. The van der Waals surface area contributed by atoms with E-state index >= 15 is 0 Å². The Balaban J connectivity index is 2.35. The summed E-state index contributed by atoms with van der Waals surface area (Å²) < 4.78 is 43.1. The molecule has 0 fully saturated rings. The van der Waals surface area contributed by atoms with E-state index in [2.05, 4.69) is 0 Å². The molecule has 0 spiro atoms. The van der Waals surface area contributed by atoms with Gasteiger partial charge in [-0.3, -0.25) is 0 Å². The van der Waals surface area contributed by atoms with Crippen LogP contribution in [0.3, 0.4) is 0 Å². The fraction of sp³-hybridized carbons (Fsp3) is 0.368. The van der Waals surface area contributed by atoms with Crippen molar-refractivity contribution in [1.82, 2.24) is 4.31 Å². The van der Waals surface area contributed by atoms with Crippen molar-refractivity contribution in [2.75, 3.05) is 28.4 Å². The van der Waals surface area contributed by atoms with E-state index < -0.39 is 10.0 Å². The second-order valence-electron chi connectivity index (χ2n) is 5.77. The Kier molecular flexibility index (Phi) is 6.50. The van der Waals surface area contributed by atoms with Gasteiger partial charge in [0.05, 0.1) is 26.2 Å². The molecule has 2 aromatic rings. The van der Waals surface area contributed by atoms with Crippen molar-refractivity contribution in [3.63, 3.8) is 0 Å². The number of methoxy groups -OCH3 is 3. The van der Waals surface area contributed by atoms with E-state index in [1.807, 2.05) is 6.92 Å². The third kappa shape index (κ3) is 4.11. The van der Waals surface area contributed by atoms with Crippen molar-refractivity contribution in [1.29, 1.82) is 0 Å². The van der Waals surface area contributed by atoms with E-state index in [1.165, 1.54) is 4.31 Å². The molecule has 7 heteroatoms. The molecule has 0 heterocycles. The van der Waals surface area contributed by atoms with Gasteiger partial charge in [0.15, 0.2) is 0 Å². The van der Waals surface area contributed by atoms with Crippen molar-refractivity contribution in [2.24, 2.45) is 0 Å². The molecule has 0 N–H and O–H groups in total. The fourth-order valence-electron chi connectivity index (χ4n) is 2.70. The van der Waals surface area contributed by atoms with Gasteiger partial charge in [0.1, 0.15) is 17.2 Å². The van der Waals surface area contributed by atoms with Crippen LogP contribution in [0.25, 0.3) is 0 Å². The molecule has 0 aliphatic rings. The van der Waals surface area contributed by atoms with Crippen LogP contribution in [0.15, 0.2) is 41.3 Å². The quantitative estimate of drug-likeness (QED) is 0.705. The van der Waals surface area contributed by atoms with Gasteiger partial charge in [-0.2, -0.15) is 4.31 Å². The lowest BCUT2D eigenvalue weighted by Crippen LogP contribution is -2.26. The zero-order valence-electron chi connectivity index (χ0n) is 15.8. The number of ether oxygens (including phenoxy) is 3. The normalized spacial score (nSPS) is 11.5. The molecule has 6 nitrogen and oxygen atoms in total. The number of rotatable bonds is 8. The van der Waals surface area contributed by atoms with Crippen molar-refractivity contribution in [2.45, 2.75) is 24.8 Å². The predicted octanol–water partition coefficient (Wildman–Crippen LogP) is 3.10. The van der Waals surface area contributed by atoms with Crippen LogP contribution in [-0.4, -0.2) is 41.1 Å². The van der Waals surface area contributed by atoms with E-state index in [-0.39, 0.29) is 11.4 Å². The Hall–Kier alpha value is -2.25. The average molecular weight is 379 g/mol. The van der Waals surface area contributed by atoms with E-state index in [1.54, 1.807) is 64.8 Å². The summed E-state index contributed by atoms with van der Waals surface area (Å²) in [4.78, 5) is 0.236. The van der Waals surface area contributed by atoms with Crippen LogP contribution < -0.4 is 14.2 Å². The first kappa shape index (κ1) is 20.1. The molecule has 26 heavy (non-hydrogen) atoms. The molecule has 0 aromatic heterocycles. The van der Waals surface area contributed by atoms with Crippen LogP contribution in [0, 0.1) is 0 Å². The van der Waals surface area contributed by atoms with Crippen LogP contribution in [0.5, 0.6) is 17.2 Å². The third-order valence-corrected chi connectivity index (χ3v) is 6.02. The molecule has 0 aliphatic carbocycles. The number of benzene rings is 2. The van der Waals surface area contributed by atoms with Crippen LogP contribution >= 0.6 is 0 Å². The standard InChI is InChI=1S/C19H25NO5S/c1-6-14-12-17(8-10-18(14)24-4)26(21,22)20(2)13-15-11-16(23-3)7-9-19(15)25-5/h7-12H,6,13H2,1-5H3. The maximum atomic E-state index is 13.0. The van der Waals surface area contributed by atoms with Crippen molar-refractivity contribution in [3.8, 4) is 17.2 Å². The Morgan fingerprint density at radius 2 is 1.50 bits per heavy atom. The smallest absolute Gasteiger partial charge is 0.243 e. The van der Waals surface area contributed by atoms with Crippen LogP contribution in [-0.2, 0) is 23.0 Å². The summed E-state index contributed by atoms with van der Waals surface area (Å²) in [7, 11) is 2.58. The van der Waals surface area contributed by atoms with E-state index in [9.17, 15) is 8.42 Å². The summed E-state index contributed by atoms with van der Waals surface area (Å²) in [5.41, 5.74) is 1.57. The molecule has 0 saturated carbocycles. The first-order chi connectivity index (χ1) is 12.4. The van der Waals surface area contributed by atoms with Crippen LogP contribution in [0.1, 0.15) is 18.1 Å².